The molecule has 0 fully saturated rings. The fourth-order valence-electron chi connectivity index (χ4n) is 5.85. The van der Waals surface area contributed by atoms with Crippen molar-refractivity contribution in [2.75, 3.05) is 11.3 Å². The van der Waals surface area contributed by atoms with Crippen LogP contribution in [0.1, 0.15) is 54.4 Å². The molecular formula is C34H36N6O4S. The summed E-state index contributed by atoms with van der Waals surface area (Å²) in [6.07, 6.45) is 2.32. The van der Waals surface area contributed by atoms with Gasteiger partial charge in [0.05, 0.1) is 34.4 Å². The number of carbonyl (C=O) groups is 1. The Hall–Kier alpha value is -4.77. The van der Waals surface area contributed by atoms with Gasteiger partial charge in [0, 0.05) is 23.4 Å². The molecule has 1 amide bonds. The highest BCUT2D eigenvalue weighted by Gasteiger charge is 2.32. The van der Waals surface area contributed by atoms with E-state index in [2.05, 4.69) is 40.6 Å². The Labute approximate surface area is 263 Å². The number of rotatable bonds is 4. The second-order valence-corrected chi connectivity index (χ2v) is 14.3. The minimum absolute atomic E-state index is 0.0716. The van der Waals surface area contributed by atoms with Crippen LogP contribution in [-0.4, -0.2) is 51.5 Å². The number of sulfonamides is 1. The van der Waals surface area contributed by atoms with Gasteiger partial charge in [-0.05, 0) is 73.2 Å². The number of nitrogens with one attached hydrogen (secondary N) is 1. The lowest BCUT2D eigenvalue weighted by Crippen LogP contribution is -2.45. The van der Waals surface area contributed by atoms with Crippen molar-refractivity contribution in [3.05, 3.63) is 101 Å². The fourth-order valence-corrected chi connectivity index (χ4v) is 6.84. The Kier molecular flexibility index (Phi) is 7.82. The van der Waals surface area contributed by atoms with Crippen LogP contribution in [-0.2, 0) is 16.6 Å². The maximum absolute atomic E-state index is 14.4. The van der Waals surface area contributed by atoms with Crippen molar-refractivity contribution >= 4 is 27.4 Å². The monoisotopic (exact) mass is 624 g/mol. The predicted molar refractivity (Wildman–Crippen MR) is 173 cm³/mol. The first-order valence-electron chi connectivity index (χ1n) is 14.8. The lowest BCUT2D eigenvalue weighted by atomic mass is 9.87. The second-order valence-electron chi connectivity index (χ2n) is 12.7. The number of pyridine rings is 1. The zero-order valence-electron chi connectivity index (χ0n) is 26.0. The first-order chi connectivity index (χ1) is 21.4. The summed E-state index contributed by atoms with van der Waals surface area (Å²) < 4.78 is 38.0. The molecule has 0 aliphatic carbocycles. The van der Waals surface area contributed by atoms with Gasteiger partial charge in [0.25, 0.3) is 15.9 Å². The van der Waals surface area contributed by atoms with E-state index in [9.17, 15) is 13.2 Å². The molecule has 0 saturated carbocycles. The molecule has 4 bridgehead atoms. The third-order valence-electron chi connectivity index (χ3n) is 7.86. The topological polar surface area (TPSA) is 119 Å². The van der Waals surface area contributed by atoms with Gasteiger partial charge in [0.1, 0.15) is 6.61 Å². The number of carbonyl (C=O) groups excluding carboxylic acids is 1. The number of ether oxygens (including phenoxy) is 1. The van der Waals surface area contributed by atoms with E-state index >= 15 is 0 Å². The quantitative estimate of drug-likeness (QED) is 0.259. The molecule has 45 heavy (non-hydrogen) atoms. The van der Waals surface area contributed by atoms with Crippen molar-refractivity contribution in [3.63, 3.8) is 0 Å². The highest BCUT2D eigenvalue weighted by Crippen LogP contribution is 2.32. The van der Waals surface area contributed by atoms with Crippen molar-refractivity contribution in [1.29, 1.82) is 0 Å². The molecule has 6 rings (SSSR count). The van der Waals surface area contributed by atoms with E-state index in [-0.39, 0.29) is 46.8 Å². The van der Waals surface area contributed by atoms with Crippen molar-refractivity contribution in [2.24, 2.45) is 5.41 Å². The number of aromatic nitrogens is 4. The van der Waals surface area contributed by atoms with Gasteiger partial charge < -0.3 is 9.64 Å². The van der Waals surface area contributed by atoms with Crippen LogP contribution >= 0.6 is 0 Å². The van der Waals surface area contributed by atoms with Gasteiger partial charge in [-0.15, -0.1) is 0 Å². The summed E-state index contributed by atoms with van der Waals surface area (Å²) in [5, 5.41) is 4.48. The van der Waals surface area contributed by atoms with Crippen LogP contribution in [0.25, 0.3) is 16.8 Å². The van der Waals surface area contributed by atoms with Gasteiger partial charge in [-0.2, -0.15) is 10.1 Å². The Balaban J connectivity index is 1.52. The summed E-state index contributed by atoms with van der Waals surface area (Å²) in [6, 6.07) is 21.0. The number of hydrogen-bond donors (Lipinski definition) is 1. The molecular weight excluding hydrogens is 588 g/mol. The Bertz CT molecular complexity index is 1990. The Morgan fingerprint density at radius 2 is 1.69 bits per heavy atom. The lowest BCUT2D eigenvalue weighted by molar-refractivity contribution is 0.0507. The summed E-state index contributed by atoms with van der Waals surface area (Å²) in [5.41, 5.74) is 5.14. The Morgan fingerprint density at radius 3 is 2.44 bits per heavy atom. The summed E-state index contributed by atoms with van der Waals surface area (Å²) in [7, 11) is -4.16. The van der Waals surface area contributed by atoms with E-state index in [0.717, 1.165) is 27.9 Å². The van der Waals surface area contributed by atoms with Crippen LogP contribution in [0.3, 0.4) is 0 Å². The fraction of sp³-hybridized carbons (Fsp3) is 0.294. The molecule has 4 heterocycles. The molecule has 0 radical (unpaired) electrons. The zero-order valence-corrected chi connectivity index (χ0v) is 26.8. The predicted octanol–water partition coefficient (Wildman–Crippen LogP) is 6.05. The molecule has 3 aromatic heterocycles. The van der Waals surface area contributed by atoms with E-state index in [0.29, 0.717) is 12.1 Å². The van der Waals surface area contributed by atoms with E-state index < -0.39 is 16.1 Å². The molecule has 1 aliphatic heterocycles. The Morgan fingerprint density at radius 1 is 0.956 bits per heavy atom. The number of aryl methyl sites for hydroxylation is 2. The summed E-state index contributed by atoms with van der Waals surface area (Å²) in [5.74, 6) is -0.232. The highest BCUT2D eigenvalue weighted by molar-refractivity contribution is 7.92. The number of nitrogens with zero attached hydrogens (tertiary/aromatic N) is 5. The van der Waals surface area contributed by atoms with Crippen molar-refractivity contribution in [3.8, 4) is 17.1 Å². The first-order valence-corrected chi connectivity index (χ1v) is 16.3. The van der Waals surface area contributed by atoms with Crippen molar-refractivity contribution < 1.29 is 17.9 Å². The third kappa shape index (κ3) is 6.39. The first kappa shape index (κ1) is 30.3. The van der Waals surface area contributed by atoms with Gasteiger partial charge in [0.15, 0.2) is 0 Å². The van der Waals surface area contributed by atoms with Crippen LogP contribution in [0, 0.1) is 19.3 Å². The van der Waals surface area contributed by atoms with Gasteiger partial charge in [0.2, 0.25) is 11.8 Å². The van der Waals surface area contributed by atoms with Crippen LogP contribution in [0.5, 0.6) is 5.88 Å². The van der Waals surface area contributed by atoms with Crippen molar-refractivity contribution in [2.45, 2.75) is 58.5 Å². The van der Waals surface area contributed by atoms with Gasteiger partial charge >= 0.3 is 0 Å². The van der Waals surface area contributed by atoms with E-state index in [1.54, 1.807) is 29.3 Å². The standard InChI is InChI=1S/C34H36N6O4S/c1-22-9-6-10-23(2)31(22)29-18-30-37-33(36-29)38-45(42,43)28-14-7-11-24(17-28)32(41)39(27(21-44-30)19-34(3,4)5)20-26-13-8-12-25-15-16-35-40(25)26/h6-18,27H,19-21H2,1-5H3,(H,36,37,38)/t27-/m1/s1. The smallest absolute Gasteiger partial charge is 0.264 e. The average molecular weight is 625 g/mol. The molecule has 0 unspecified atom stereocenters. The number of anilines is 1. The van der Waals surface area contributed by atoms with Crippen LogP contribution in [0.4, 0.5) is 5.95 Å². The third-order valence-corrected chi connectivity index (χ3v) is 9.19. The van der Waals surface area contributed by atoms with Crippen LogP contribution in [0.2, 0.25) is 0 Å². The molecule has 11 heteroatoms. The minimum atomic E-state index is -4.16. The normalized spacial score (nSPS) is 16.7. The van der Waals surface area contributed by atoms with Crippen molar-refractivity contribution in [1.82, 2.24) is 24.5 Å². The largest absolute Gasteiger partial charge is 0.475 e. The highest BCUT2D eigenvalue weighted by atomic mass is 32.2. The maximum atomic E-state index is 14.4. The van der Waals surface area contributed by atoms with E-state index in [1.165, 1.54) is 12.1 Å². The molecule has 2 aromatic carbocycles. The van der Waals surface area contributed by atoms with Crippen LogP contribution in [0.15, 0.2) is 83.9 Å². The molecule has 1 aliphatic rings. The molecule has 0 spiro atoms. The number of fused-ring (bicyclic) bond motifs is 5. The average Bonchev–Trinajstić information content (AvgIpc) is 3.46. The van der Waals surface area contributed by atoms with E-state index in [4.69, 9.17) is 4.74 Å². The summed E-state index contributed by atoms with van der Waals surface area (Å²) >= 11 is 0. The molecule has 5 aromatic rings. The lowest BCUT2D eigenvalue weighted by Gasteiger charge is -2.36. The SMILES string of the molecule is Cc1cccc(C)c1-c1cc2nc(n1)NS(=O)(=O)c1cccc(c1)C(=O)N(Cc1cccc3ccnn13)[C@H](CC(C)(C)C)CO2. The van der Waals surface area contributed by atoms with Crippen LogP contribution < -0.4 is 9.46 Å². The summed E-state index contributed by atoms with van der Waals surface area (Å²) in [6.45, 7) is 10.6. The number of amides is 1. The molecule has 232 valence electrons. The second kappa shape index (κ2) is 11.6. The van der Waals surface area contributed by atoms with Gasteiger partial charge in [-0.1, -0.05) is 51.1 Å². The van der Waals surface area contributed by atoms with E-state index in [1.807, 2.05) is 60.8 Å². The van der Waals surface area contributed by atoms with Gasteiger partial charge in [-0.25, -0.2) is 22.6 Å². The number of benzene rings is 2. The summed E-state index contributed by atoms with van der Waals surface area (Å²) in [4.78, 5) is 25.2. The number of hydrogen-bond acceptors (Lipinski definition) is 7. The van der Waals surface area contributed by atoms with Gasteiger partial charge in [-0.3, -0.25) is 4.79 Å². The minimum Gasteiger partial charge on any atom is -0.475 e. The zero-order chi connectivity index (χ0) is 31.9. The maximum Gasteiger partial charge on any atom is 0.264 e. The molecule has 0 saturated heterocycles. The molecule has 10 nitrogen and oxygen atoms in total. The molecule has 1 atom stereocenters. The molecule has 1 N–H and O–H groups in total.